The van der Waals surface area contributed by atoms with Crippen LogP contribution in [-0.4, -0.2) is 5.91 Å². The smallest absolute Gasteiger partial charge is 0.267 e. The summed E-state index contributed by atoms with van der Waals surface area (Å²) in [5, 5.41) is 4.83. The van der Waals surface area contributed by atoms with Gasteiger partial charge in [-0.1, -0.05) is 53.9 Å². The first kappa shape index (κ1) is 16.6. The van der Waals surface area contributed by atoms with E-state index in [9.17, 15) is 4.79 Å². The van der Waals surface area contributed by atoms with Crippen molar-refractivity contribution in [1.29, 1.82) is 0 Å². The van der Waals surface area contributed by atoms with Crippen LogP contribution in [0, 0.1) is 0 Å². The number of anilines is 1. The molecule has 0 atom stereocenters. The first-order valence-electron chi connectivity index (χ1n) is 6.97. The van der Waals surface area contributed by atoms with Gasteiger partial charge in [0.15, 0.2) is 0 Å². The maximum atomic E-state index is 12.5. The SMILES string of the molecule is CCc1ccc(NC(=O)c2sc3cc(Cl)cc(Cl)c3c2Cl)cc1. The Balaban J connectivity index is 1.94. The van der Waals surface area contributed by atoms with Crippen molar-refractivity contribution in [3.05, 3.63) is 61.9 Å². The van der Waals surface area contributed by atoms with E-state index < -0.39 is 0 Å². The molecule has 3 rings (SSSR count). The topological polar surface area (TPSA) is 29.1 Å². The summed E-state index contributed by atoms with van der Waals surface area (Å²) in [7, 11) is 0. The predicted molar refractivity (Wildman–Crippen MR) is 101 cm³/mol. The summed E-state index contributed by atoms with van der Waals surface area (Å²) >= 11 is 19.8. The third kappa shape index (κ3) is 3.33. The number of aryl methyl sites for hydroxylation is 1. The summed E-state index contributed by atoms with van der Waals surface area (Å²) in [6.07, 6.45) is 0.954. The first-order valence-corrected chi connectivity index (χ1v) is 8.92. The molecule has 1 amide bonds. The summed E-state index contributed by atoms with van der Waals surface area (Å²) < 4.78 is 0.791. The zero-order valence-corrected chi connectivity index (χ0v) is 15.2. The van der Waals surface area contributed by atoms with Crippen LogP contribution in [0.3, 0.4) is 0 Å². The molecule has 0 aliphatic rings. The standard InChI is InChI=1S/C17H12Cl3NOS/c1-2-9-3-5-11(6-4-9)21-17(22)16-15(20)14-12(19)7-10(18)8-13(14)23-16/h3-8H,2H2,1H3,(H,21,22). The third-order valence-electron chi connectivity index (χ3n) is 3.48. The van der Waals surface area contributed by atoms with Gasteiger partial charge in [0.1, 0.15) is 4.88 Å². The van der Waals surface area contributed by atoms with Crippen molar-refractivity contribution in [2.24, 2.45) is 0 Å². The lowest BCUT2D eigenvalue weighted by molar-refractivity contribution is 0.103. The highest BCUT2D eigenvalue weighted by Crippen LogP contribution is 2.41. The maximum Gasteiger partial charge on any atom is 0.267 e. The van der Waals surface area contributed by atoms with E-state index in [0.29, 0.717) is 25.3 Å². The third-order valence-corrected chi connectivity index (χ3v) is 5.62. The van der Waals surface area contributed by atoms with E-state index in [1.54, 1.807) is 12.1 Å². The summed E-state index contributed by atoms with van der Waals surface area (Å²) in [6.45, 7) is 2.08. The van der Waals surface area contributed by atoms with Crippen molar-refractivity contribution in [2.45, 2.75) is 13.3 Å². The van der Waals surface area contributed by atoms with E-state index >= 15 is 0 Å². The van der Waals surface area contributed by atoms with Gasteiger partial charge < -0.3 is 5.32 Å². The maximum absolute atomic E-state index is 12.5. The average Bonchev–Trinajstić information content (AvgIpc) is 2.85. The van der Waals surface area contributed by atoms with Gasteiger partial charge in [-0.25, -0.2) is 0 Å². The highest BCUT2D eigenvalue weighted by molar-refractivity contribution is 7.21. The summed E-state index contributed by atoms with van der Waals surface area (Å²) in [5.41, 5.74) is 1.94. The second-order valence-corrected chi connectivity index (χ2v) is 7.28. The van der Waals surface area contributed by atoms with Crippen LogP contribution < -0.4 is 5.32 Å². The molecule has 0 spiro atoms. The molecule has 0 bridgehead atoms. The van der Waals surface area contributed by atoms with Crippen LogP contribution in [0.2, 0.25) is 15.1 Å². The number of fused-ring (bicyclic) bond motifs is 1. The van der Waals surface area contributed by atoms with Crippen molar-refractivity contribution >= 4 is 67.8 Å². The molecule has 6 heteroatoms. The van der Waals surface area contributed by atoms with Crippen LogP contribution in [0.4, 0.5) is 5.69 Å². The molecule has 1 aromatic heterocycles. The Hall–Kier alpha value is -1.26. The molecule has 0 radical (unpaired) electrons. The largest absolute Gasteiger partial charge is 0.321 e. The lowest BCUT2D eigenvalue weighted by Crippen LogP contribution is -2.10. The van der Waals surface area contributed by atoms with Gasteiger partial charge >= 0.3 is 0 Å². The number of rotatable bonds is 3. The molecule has 2 nitrogen and oxygen atoms in total. The monoisotopic (exact) mass is 383 g/mol. The molecular formula is C17H12Cl3NOS. The molecule has 1 N–H and O–H groups in total. The van der Waals surface area contributed by atoms with Crippen LogP contribution in [-0.2, 0) is 6.42 Å². The fraction of sp³-hybridized carbons (Fsp3) is 0.118. The van der Waals surface area contributed by atoms with Crippen LogP contribution in [0.25, 0.3) is 10.1 Å². The molecule has 1 heterocycles. The fourth-order valence-corrected chi connectivity index (χ4v) is 4.54. The zero-order chi connectivity index (χ0) is 16.6. The Kier molecular flexibility index (Phi) is 4.83. The molecule has 2 aromatic carbocycles. The molecule has 0 saturated carbocycles. The van der Waals surface area contributed by atoms with Gasteiger partial charge in [-0.15, -0.1) is 11.3 Å². The van der Waals surface area contributed by atoms with Gasteiger partial charge in [-0.3, -0.25) is 4.79 Å². The Morgan fingerprint density at radius 3 is 2.48 bits per heavy atom. The van der Waals surface area contributed by atoms with E-state index in [1.165, 1.54) is 16.9 Å². The van der Waals surface area contributed by atoms with Crippen molar-refractivity contribution in [2.75, 3.05) is 5.32 Å². The van der Waals surface area contributed by atoms with Crippen molar-refractivity contribution in [1.82, 2.24) is 0 Å². The normalized spacial score (nSPS) is 11.0. The summed E-state index contributed by atoms with van der Waals surface area (Å²) in [5.74, 6) is -0.257. The second-order valence-electron chi connectivity index (χ2n) is 5.01. The fourth-order valence-electron chi connectivity index (χ4n) is 2.27. The highest BCUT2D eigenvalue weighted by atomic mass is 35.5. The number of hydrogen-bond donors (Lipinski definition) is 1. The molecule has 0 unspecified atom stereocenters. The molecular weight excluding hydrogens is 373 g/mol. The van der Waals surface area contributed by atoms with E-state index in [2.05, 4.69) is 12.2 Å². The Morgan fingerprint density at radius 2 is 1.83 bits per heavy atom. The molecule has 0 aliphatic heterocycles. The van der Waals surface area contributed by atoms with Gasteiger partial charge in [0.2, 0.25) is 0 Å². The minimum absolute atomic E-state index is 0.257. The Labute approximate surface area is 153 Å². The Morgan fingerprint density at radius 1 is 1.13 bits per heavy atom. The van der Waals surface area contributed by atoms with Crippen LogP contribution >= 0.6 is 46.1 Å². The minimum atomic E-state index is -0.257. The number of hydrogen-bond acceptors (Lipinski definition) is 2. The quantitative estimate of drug-likeness (QED) is 0.536. The molecule has 118 valence electrons. The minimum Gasteiger partial charge on any atom is -0.321 e. The number of benzene rings is 2. The van der Waals surface area contributed by atoms with Crippen molar-refractivity contribution in [3.63, 3.8) is 0 Å². The average molecular weight is 385 g/mol. The van der Waals surface area contributed by atoms with Crippen molar-refractivity contribution in [3.8, 4) is 0 Å². The van der Waals surface area contributed by atoms with Gasteiger partial charge in [-0.05, 0) is 36.2 Å². The summed E-state index contributed by atoms with van der Waals surface area (Å²) in [6, 6.07) is 11.1. The van der Waals surface area contributed by atoms with E-state index in [4.69, 9.17) is 34.8 Å². The van der Waals surface area contributed by atoms with Crippen molar-refractivity contribution < 1.29 is 4.79 Å². The number of carbonyl (C=O) groups excluding carboxylic acids is 1. The molecule has 3 aromatic rings. The highest BCUT2D eigenvalue weighted by Gasteiger charge is 2.19. The van der Waals surface area contributed by atoms with E-state index in [-0.39, 0.29) is 5.91 Å². The summed E-state index contributed by atoms with van der Waals surface area (Å²) in [4.78, 5) is 12.9. The first-order chi connectivity index (χ1) is 11.0. The van der Waals surface area contributed by atoms with Crippen LogP contribution in [0.5, 0.6) is 0 Å². The Bertz CT molecular complexity index is 887. The van der Waals surface area contributed by atoms with Gasteiger partial charge in [0, 0.05) is 20.8 Å². The lowest BCUT2D eigenvalue weighted by Gasteiger charge is -2.05. The van der Waals surface area contributed by atoms with Gasteiger partial charge in [0.05, 0.1) is 10.0 Å². The predicted octanol–water partition coefficient (Wildman–Crippen LogP) is 6.68. The lowest BCUT2D eigenvalue weighted by atomic mass is 10.1. The van der Waals surface area contributed by atoms with E-state index in [0.717, 1.165) is 16.8 Å². The zero-order valence-electron chi connectivity index (χ0n) is 12.1. The molecule has 0 fully saturated rings. The molecule has 0 aliphatic carbocycles. The van der Waals surface area contributed by atoms with Crippen LogP contribution in [0.15, 0.2) is 36.4 Å². The number of amides is 1. The molecule has 23 heavy (non-hydrogen) atoms. The van der Waals surface area contributed by atoms with Gasteiger partial charge in [0.25, 0.3) is 5.91 Å². The molecule has 0 saturated heterocycles. The number of nitrogens with one attached hydrogen (secondary N) is 1. The second kappa shape index (κ2) is 6.70. The van der Waals surface area contributed by atoms with Gasteiger partial charge in [-0.2, -0.15) is 0 Å². The number of thiophene rings is 1. The van der Waals surface area contributed by atoms with Crippen LogP contribution in [0.1, 0.15) is 22.2 Å². The number of halogens is 3. The number of carbonyl (C=O) groups is 1. The van der Waals surface area contributed by atoms with E-state index in [1.807, 2.05) is 24.3 Å².